The van der Waals surface area contributed by atoms with Gasteiger partial charge in [0.2, 0.25) is 12.2 Å². The van der Waals surface area contributed by atoms with Crippen LogP contribution in [0.5, 0.6) is 0 Å². The van der Waals surface area contributed by atoms with E-state index < -0.39 is 17.8 Å². The summed E-state index contributed by atoms with van der Waals surface area (Å²) in [7, 11) is 0. The Morgan fingerprint density at radius 3 is 2.88 bits per heavy atom. The standard InChI is InChI=1S/C12H15NO3/c13-11(14)12(7-3-1-4-8-12)16-10-6-2-5-9-15-10/h1-3,5-6,9-10H,4,7-8H2,(H2,13,14). The molecular formula is C12H15NO3. The van der Waals surface area contributed by atoms with Gasteiger partial charge in [-0.1, -0.05) is 18.2 Å². The van der Waals surface area contributed by atoms with Crippen LogP contribution in [0.15, 0.2) is 36.6 Å². The molecule has 1 aliphatic heterocycles. The molecular weight excluding hydrogens is 206 g/mol. The Morgan fingerprint density at radius 2 is 2.31 bits per heavy atom. The van der Waals surface area contributed by atoms with Crippen molar-refractivity contribution >= 4 is 5.91 Å². The van der Waals surface area contributed by atoms with Crippen LogP contribution < -0.4 is 5.73 Å². The highest BCUT2D eigenvalue weighted by atomic mass is 16.7. The van der Waals surface area contributed by atoms with Crippen molar-refractivity contribution in [3.8, 4) is 0 Å². The highest BCUT2D eigenvalue weighted by molar-refractivity contribution is 5.84. The molecule has 1 aliphatic carbocycles. The summed E-state index contributed by atoms with van der Waals surface area (Å²) in [5, 5.41) is 0. The van der Waals surface area contributed by atoms with Gasteiger partial charge < -0.3 is 15.2 Å². The molecule has 0 saturated carbocycles. The first-order valence-corrected chi connectivity index (χ1v) is 5.34. The minimum absolute atomic E-state index is 0.427. The normalized spacial score (nSPS) is 32.4. The third-order valence-corrected chi connectivity index (χ3v) is 2.79. The Kier molecular flexibility index (Phi) is 3.10. The number of primary amides is 1. The maximum Gasteiger partial charge on any atom is 0.250 e. The smallest absolute Gasteiger partial charge is 0.250 e. The topological polar surface area (TPSA) is 61.6 Å². The van der Waals surface area contributed by atoms with Crippen molar-refractivity contribution in [2.24, 2.45) is 5.73 Å². The Hall–Kier alpha value is -1.55. The SMILES string of the molecule is NC(=O)C1(OC2C=CC=CO2)CC=CCC1. The zero-order valence-corrected chi connectivity index (χ0v) is 8.96. The lowest BCUT2D eigenvalue weighted by atomic mass is 9.88. The predicted molar refractivity (Wildman–Crippen MR) is 59.2 cm³/mol. The minimum Gasteiger partial charge on any atom is -0.469 e. The van der Waals surface area contributed by atoms with E-state index >= 15 is 0 Å². The lowest BCUT2D eigenvalue weighted by Crippen LogP contribution is -2.49. The second-order valence-corrected chi connectivity index (χ2v) is 3.91. The summed E-state index contributed by atoms with van der Waals surface area (Å²) in [5.41, 5.74) is 4.50. The van der Waals surface area contributed by atoms with E-state index in [1.54, 1.807) is 12.2 Å². The number of hydrogen-bond donors (Lipinski definition) is 1. The Bertz CT molecular complexity index is 359. The van der Waals surface area contributed by atoms with Crippen LogP contribution >= 0.6 is 0 Å². The number of hydrogen-bond acceptors (Lipinski definition) is 3. The van der Waals surface area contributed by atoms with Crippen LogP contribution in [-0.2, 0) is 14.3 Å². The van der Waals surface area contributed by atoms with Crippen molar-refractivity contribution in [2.45, 2.75) is 31.2 Å². The number of allylic oxidation sites excluding steroid dienone is 3. The van der Waals surface area contributed by atoms with E-state index in [0.717, 1.165) is 6.42 Å². The molecule has 0 fully saturated rings. The number of rotatable bonds is 3. The van der Waals surface area contributed by atoms with E-state index in [1.165, 1.54) is 6.26 Å². The molecule has 2 rings (SSSR count). The van der Waals surface area contributed by atoms with Crippen LogP contribution in [0, 0.1) is 0 Å². The molecule has 1 heterocycles. The van der Waals surface area contributed by atoms with Gasteiger partial charge in [-0.2, -0.15) is 0 Å². The lowest BCUT2D eigenvalue weighted by molar-refractivity contribution is -0.181. The molecule has 2 N–H and O–H groups in total. The largest absolute Gasteiger partial charge is 0.469 e. The summed E-state index contributed by atoms with van der Waals surface area (Å²) in [6.07, 6.45) is 12.2. The molecule has 16 heavy (non-hydrogen) atoms. The molecule has 1 amide bonds. The van der Waals surface area contributed by atoms with Crippen molar-refractivity contribution < 1.29 is 14.3 Å². The number of carbonyl (C=O) groups excluding carboxylic acids is 1. The first-order valence-electron chi connectivity index (χ1n) is 5.34. The van der Waals surface area contributed by atoms with Gasteiger partial charge in [0.1, 0.15) is 0 Å². The molecule has 0 bridgehead atoms. The van der Waals surface area contributed by atoms with Gasteiger partial charge in [0.25, 0.3) is 0 Å². The van der Waals surface area contributed by atoms with Gasteiger partial charge in [-0.15, -0.1) is 0 Å². The van der Waals surface area contributed by atoms with E-state index in [1.807, 2.05) is 18.2 Å². The Morgan fingerprint density at radius 1 is 1.44 bits per heavy atom. The number of carbonyl (C=O) groups is 1. The van der Waals surface area contributed by atoms with E-state index in [2.05, 4.69) is 0 Å². The van der Waals surface area contributed by atoms with Crippen LogP contribution in [0.1, 0.15) is 19.3 Å². The van der Waals surface area contributed by atoms with Gasteiger partial charge in [-0.05, 0) is 25.0 Å². The molecule has 2 aliphatic rings. The summed E-state index contributed by atoms with van der Waals surface area (Å²) < 4.78 is 10.9. The van der Waals surface area contributed by atoms with E-state index in [9.17, 15) is 4.79 Å². The number of ether oxygens (including phenoxy) is 2. The van der Waals surface area contributed by atoms with Crippen molar-refractivity contribution in [2.75, 3.05) is 0 Å². The molecule has 0 spiro atoms. The molecule has 4 nitrogen and oxygen atoms in total. The Balaban J connectivity index is 2.08. The third-order valence-electron chi connectivity index (χ3n) is 2.79. The first kappa shape index (κ1) is 11.0. The van der Waals surface area contributed by atoms with Crippen molar-refractivity contribution in [1.82, 2.24) is 0 Å². The van der Waals surface area contributed by atoms with Crippen molar-refractivity contribution in [1.29, 1.82) is 0 Å². The van der Waals surface area contributed by atoms with E-state index in [0.29, 0.717) is 12.8 Å². The predicted octanol–water partition coefficient (Wildman–Crippen LogP) is 1.39. The summed E-state index contributed by atoms with van der Waals surface area (Å²) in [6.45, 7) is 0. The van der Waals surface area contributed by atoms with Crippen LogP contribution in [0.25, 0.3) is 0 Å². The zero-order chi connectivity index (χ0) is 11.4. The van der Waals surface area contributed by atoms with Crippen molar-refractivity contribution in [3.05, 3.63) is 36.6 Å². The molecule has 2 atom stereocenters. The summed E-state index contributed by atoms with van der Waals surface area (Å²) in [5.74, 6) is -0.427. The van der Waals surface area contributed by atoms with Crippen molar-refractivity contribution in [3.63, 3.8) is 0 Å². The fraction of sp³-hybridized carbons (Fsp3) is 0.417. The summed E-state index contributed by atoms with van der Waals surface area (Å²) in [6, 6.07) is 0. The number of nitrogens with two attached hydrogens (primary N) is 1. The second-order valence-electron chi connectivity index (χ2n) is 3.91. The second kappa shape index (κ2) is 4.53. The lowest BCUT2D eigenvalue weighted by Gasteiger charge is -2.34. The quantitative estimate of drug-likeness (QED) is 0.732. The molecule has 0 aromatic rings. The fourth-order valence-electron chi connectivity index (χ4n) is 1.86. The van der Waals surface area contributed by atoms with Gasteiger partial charge >= 0.3 is 0 Å². The monoisotopic (exact) mass is 221 g/mol. The van der Waals surface area contributed by atoms with E-state index in [-0.39, 0.29) is 0 Å². The molecule has 4 heteroatoms. The van der Waals surface area contributed by atoms with Gasteiger partial charge in [-0.25, -0.2) is 0 Å². The zero-order valence-electron chi connectivity index (χ0n) is 8.96. The average molecular weight is 221 g/mol. The summed E-state index contributed by atoms with van der Waals surface area (Å²) in [4.78, 5) is 11.5. The van der Waals surface area contributed by atoms with E-state index in [4.69, 9.17) is 15.2 Å². The molecule has 2 unspecified atom stereocenters. The fourth-order valence-corrected chi connectivity index (χ4v) is 1.86. The van der Waals surface area contributed by atoms with Crippen LogP contribution in [0.2, 0.25) is 0 Å². The average Bonchev–Trinajstić information content (AvgIpc) is 2.31. The highest BCUT2D eigenvalue weighted by Crippen LogP contribution is 2.29. The molecule has 0 aromatic heterocycles. The third kappa shape index (κ3) is 2.17. The van der Waals surface area contributed by atoms with Gasteiger partial charge in [0.05, 0.1) is 6.26 Å². The maximum atomic E-state index is 11.5. The molecule has 0 radical (unpaired) electrons. The summed E-state index contributed by atoms with van der Waals surface area (Å²) >= 11 is 0. The molecule has 86 valence electrons. The highest BCUT2D eigenvalue weighted by Gasteiger charge is 2.39. The van der Waals surface area contributed by atoms with Gasteiger partial charge in [0, 0.05) is 6.42 Å². The number of amides is 1. The van der Waals surface area contributed by atoms with Crippen LogP contribution in [0.4, 0.5) is 0 Å². The van der Waals surface area contributed by atoms with Crippen LogP contribution in [0.3, 0.4) is 0 Å². The maximum absolute atomic E-state index is 11.5. The first-order chi connectivity index (χ1) is 7.73. The molecule has 0 aromatic carbocycles. The Labute approximate surface area is 94.4 Å². The van der Waals surface area contributed by atoms with Crippen LogP contribution in [-0.4, -0.2) is 17.8 Å². The minimum atomic E-state index is -0.922. The van der Waals surface area contributed by atoms with Gasteiger partial charge in [-0.3, -0.25) is 4.79 Å². The van der Waals surface area contributed by atoms with Gasteiger partial charge in [0.15, 0.2) is 5.60 Å². The molecule has 0 saturated heterocycles.